The number of nitrogen functional groups attached to an aromatic ring is 1. The molecule has 45 heteroatoms. The Morgan fingerprint density at radius 3 is 1.40 bits per heavy atom. The van der Waals surface area contributed by atoms with E-state index in [2.05, 4.69) is 10.3 Å². The van der Waals surface area contributed by atoms with Crippen molar-refractivity contribution in [1.29, 1.82) is 0 Å². The van der Waals surface area contributed by atoms with Gasteiger partial charge in [0.1, 0.15) is 54.6 Å². The van der Waals surface area contributed by atoms with Gasteiger partial charge in [-0.3, -0.25) is 28.5 Å². The Morgan fingerprint density at radius 1 is 0.541 bits per heavy atom. The third-order valence-electron chi connectivity index (χ3n) is 23.5. The molecule has 135 heavy (non-hydrogen) atoms. The number of halogens is 2. The minimum Gasteiger partial charge on any atom is -0.463 e. The summed E-state index contributed by atoms with van der Waals surface area (Å²) in [7, 11) is 0. The first-order valence-corrected chi connectivity index (χ1v) is 42.6. The van der Waals surface area contributed by atoms with Crippen molar-refractivity contribution in [2.75, 3.05) is 18.9 Å². The van der Waals surface area contributed by atoms with Crippen LogP contribution >= 0.6 is 0 Å². The van der Waals surface area contributed by atoms with Crippen LogP contribution in [0.4, 0.5) is 14.6 Å². The van der Waals surface area contributed by atoms with Gasteiger partial charge in [-0.25, -0.2) is 62.3 Å². The van der Waals surface area contributed by atoms with Gasteiger partial charge in [0.15, 0.2) is 78.8 Å². The largest absolute Gasteiger partial charge is 0.463 e. The molecule has 4 fully saturated rings. The number of aliphatic hydroxyl groups excluding tert-OH is 2. The zero-order chi connectivity index (χ0) is 100. The van der Waals surface area contributed by atoms with Crippen LogP contribution in [0.15, 0.2) is 119 Å². The van der Waals surface area contributed by atoms with Gasteiger partial charge in [-0.2, -0.15) is 13.8 Å². The van der Waals surface area contributed by atoms with Gasteiger partial charge in [-0.1, -0.05) is 87.5 Å². The third-order valence-corrected chi connectivity index (χ3v) is 23.5. The molecule has 2 saturated heterocycles. The minimum atomic E-state index is -4.06. The van der Waals surface area contributed by atoms with Crippen molar-refractivity contribution in [3.8, 4) is 0 Å². The van der Waals surface area contributed by atoms with Gasteiger partial charge in [-0.05, 0) is 130 Å². The molecule has 2 aliphatic heterocycles. The highest BCUT2D eigenvalue weighted by Gasteiger charge is 2.77. The maximum atomic E-state index is 14.9. The molecule has 43 nitrogen and oxygen atoms in total. The predicted molar refractivity (Wildman–Crippen MR) is 445 cm³/mol. The summed E-state index contributed by atoms with van der Waals surface area (Å²) < 4.78 is 129. The molecule has 6 N–H and O–H groups in total. The predicted octanol–water partition coefficient (Wildman–Crippen LogP) is 3.48. The number of nitrogens with two attached hydrogens (primary N) is 1. The topological polar surface area (TPSA) is 590 Å². The SMILES string of the molecule is CC(=O)O[C@H]1C[C@]2(C)[C@@H](OC(=O)C(C)OC(=O)C(C)OC(=O)C(C)OC(=O)C(C)OC(=O)C(C)OC(=O)C(C)OC(=O)C(C)OC(=O)C(C)OC(=O)C(C)OC(=O)C(C)OC(=O)CCC(=O)OC[C@H]3O[C@@H](n4ccc(N)nc4=O)C(F)(F)[C@@H]3O)C[C@H]3OC[C@@]3(OC(C)=O)[C@H]2[C@H](OC(=O)c2ccccc2)[C@]2(O)C[C@H](OC(=O)[C@@H](O)[C@H](NC(=O)c3ccccc3)c3ccccc3)C(C)=C1C2(C)C. The molecule has 10 unspecified atom stereocenters. The summed E-state index contributed by atoms with van der Waals surface area (Å²) in [4.78, 5) is 244. The number of esters is 16. The second-order valence-electron chi connectivity index (χ2n) is 33.7. The summed E-state index contributed by atoms with van der Waals surface area (Å²) >= 11 is 0. The van der Waals surface area contributed by atoms with Crippen molar-refractivity contribution in [2.45, 2.75) is 282 Å². The summed E-state index contributed by atoms with van der Waals surface area (Å²) in [5.74, 6) is -26.7. The van der Waals surface area contributed by atoms with Crippen LogP contribution in [0.3, 0.4) is 0 Å². The molecule has 2 saturated carbocycles. The standard InChI is InChI=1S/C90H106F2N4O39/c1-41-57(131-83(115)67(101)66(54-26-20-17-21-27-54)95-71(103)55-28-22-18-23-29-55)38-89(117)70(134-82(114)56-30-24-19-25-31-56)68-87(16,37-58(130-52(12)97)65(41)86(89,14)15)60(36-61-88(68,40-119-61)135-53(13)98)133-81(113)51(11)129-80(112)50(10)128-79(111)49(9)127-78(110)48(8)126-77(109)47(7)125-76(108)46(6)124-75(107)45(5)123-74(106)44(4)122-73(105)43(3)121-72(104)42(2)120-64(100)33-32-63(99)118-39-59-69(102)90(91,92)84(132-59)96-35-34-62(93)94-85(96)116/h17-31,34-35,42-51,57-61,66-70,84,101-102,117H,32-33,36-40H2,1-16H3,(H,95,103)(H2,93,94,116)/t42?,43?,44?,45?,46?,47?,48?,49?,50?,51?,57-,58-,59+,60-,61+,66+,67-,68-,69+,70-,84+,87+,88-,89+/m0/s1. The van der Waals surface area contributed by atoms with E-state index in [1.807, 2.05) is 0 Å². The summed E-state index contributed by atoms with van der Waals surface area (Å²) in [6.07, 6.45) is -37.0. The van der Waals surface area contributed by atoms with Crippen LogP contribution in [0.2, 0.25) is 0 Å². The number of anilines is 1. The first kappa shape index (κ1) is 105. The van der Waals surface area contributed by atoms with Gasteiger partial charge in [-0.15, -0.1) is 0 Å². The van der Waals surface area contributed by atoms with E-state index in [4.69, 9.17) is 91.0 Å². The van der Waals surface area contributed by atoms with Crippen LogP contribution in [-0.4, -0.2) is 266 Å². The lowest BCUT2D eigenvalue weighted by molar-refractivity contribution is -0.354. The second-order valence-corrected chi connectivity index (χ2v) is 33.7. The molecule has 24 atom stereocenters. The third kappa shape index (κ3) is 24.5. The Kier molecular flexibility index (Phi) is 34.2. The van der Waals surface area contributed by atoms with E-state index in [1.54, 1.807) is 75.4 Å². The number of rotatable bonds is 37. The molecule has 0 radical (unpaired) electrons. The maximum absolute atomic E-state index is 14.9. The number of nitrogens with zero attached hydrogens (tertiary/aromatic N) is 2. The molecule has 0 spiro atoms. The molecular formula is C90H106F2N4O39. The second kappa shape index (κ2) is 43.8. The van der Waals surface area contributed by atoms with Crippen LogP contribution in [0.1, 0.15) is 181 Å². The number of fused-ring (bicyclic) bond motifs is 5. The number of benzene rings is 3. The van der Waals surface area contributed by atoms with E-state index in [-0.39, 0.29) is 40.1 Å². The fourth-order valence-corrected chi connectivity index (χ4v) is 16.2. The first-order chi connectivity index (χ1) is 63.2. The molecule has 734 valence electrons. The number of carbonyl (C=O) groups is 17. The minimum absolute atomic E-state index is 0.0318. The van der Waals surface area contributed by atoms with Crippen molar-refractivity contribution in [3.63, 3.8) is 0 Å². The highest BCUT2D eigenvalue weighted by molar-refractivity contribution is 5.95. The summed E-state index contributed by atoms with van der Waals surface area (Å²) in [5, 5.41) is 39.3. The summed E-state index contributed by atoms with van der Waals surface area (Å²) in [5.41, 5.74) is -3.06. The average molecular weight is 1910 g/mol. The maximum Gasteiger partial charge on any atom is 0.351 e. The number of aromatic nitrogens is 2. The zero-order valence-corrected chi connectivity index (χ0v) is 76.2. The average Bonchev–Trinajstić information content (AvgIpc) is 1.44. The molecule has 1 amide bonds. The molecule has 2 bridgehead atoms. The number of hydrogen-bond donors (Lipinski definition) is 5. The number of aliphatic hydroxyl groups is 3. The first-order valence-electron chi connectivity index (χ1n) is 42.6. The smallest absolute Gasteiger partial charge is 0.351 e. The Balaban J connectivity index is 0.754. The Bertz CT molecular complexity index is 5230. The highest BCUT2D eigenvalue weighted by atomic mass is 19.3. The lowest BCUT2D eigenvalue weighted by Gasteiger charge is -2.68. The molecule has 3 aromatic carbocycles. The number of alkyl halides is 2. The van der Waals surface area contributed by atoms with Crippen molar-refractivity contribution < 1.29 is 191 Å². The van der Waals surface area contributed by atoms with Gasteiger partial charge in [0.05, 0.1) is 37.0 Å². The van der Waals surface area contributed by atoms with Crippen molar-refractivity contribution >= 4 is 107 Å². The van der Waals surface area contributed by atoms with Crippen LogP contribution in [0.5, 0.6) is 0 Å². The molecule has 5 aliphatic rings. The molecular weight excluding hydrogens is 1800 g/mol. The van der Waals surface area contributed by atoms with Crippen molar-refractivity contribution in [2.24, 2.45) is 16.7 Å². The van der Waals surface area contributed by atoms with Crippen molar-refractivity contribution in [3.05, 3.63) is 142 Å². The lowest BCUT2D eigenvalue weighted by atomic mass is 9.45. The summed E-state index contributed by atoms with van der Waals surface area (Å²) in [6, 6.07) is 23.1. The van der Waals surface area contributed by atoms with Gasteiger partial charge < -0.3 is 112 Å². The van der Waals surface area contributed by atoms with Gasteiger partial charge >= 0.3 is 107 Å². The van der Waals surface area contributed by atoms with Gasteiger partial charge in [0.2, 0.25) is 6.23 Å². The van der Waals surface area contributed by atoms with Crippen LogP contribution in [0.25, 0.3) is 0 Å². The van der Waals surface area contributed by atoms with E-state index in [0.29, 0.717) is 4.57 Å². The Labute approximate surface area is 769 Å². The number of hydrogen-bond acceptors (Lipinski definition) is 41. The van der Waals surface area contributed by atoms with E-state index in [1.165, 1.54) is 43.3 Å². The molecule has 1 aromatic heterocycles. The fourth-order valence-electron chi connectivity index (χ4n) is 16.2. The summed E-state index contributed by atoms with van der Waals surface area (Å²) in [6.45, 7) is 17.1. The van der Waals surface area contributed by atoms with Crippen LogP contribution in [0, 0.1) is 16.7 Å². The Morgan fingerprint density at radius 2 is 0.970 bits per heavy atom. The van der Waals surface area contributed by atoms with E-state index in [0.717, 1.165) is 95.3 Å². The number of carbonyl (C=O) groups excluding carboxylic acids is 17. The quantitative estimate of drug-likeness (QED) is 0.0245. The molecule has 3 aliphatic carbocycles. The molecule has 4 aromatic rings. The zero-order valence-electron chi connectivity index (χ0n) is 76.2. The Hall–Kier alpha value is -13.3. The van der Waals surface area contributed by atoms with Crippen LogP contribution in [-0.2, 0) is 157 Å². The van der Waals surface area contributed by atoms with Crippen molar-refractivity contribution in [1.82, 2.24) is 14.9 Å². The highest BCUT2D eigenvalue weighted by Crippen LogP contribution is 2.66. The number of ether oxygens (including phenoxy) is 18. The lowest BCUT2D eigenvalue weighted by Crippen LogP contribution is -2.80. The number of amides is 1. The van der Waals surface area contributed by atoms with E-state index < -0.39 is 302 Å². The van der Waals surface area contributed by atoms with Gasteiger partial charge in [0, 0.05) is 49.3 Å². The monoisotopic (exact) mass is 1900 g/mol. The van der Waals surface area contributed by atoms with E-state index >= 15 is 0 Å². The van der Waals surface area contributed by atoms with Gasteiger partial charge in [0.25, 0.3) is 5.91 Å². The normalized spacial score (nSPS) is 25.4. The fraction of sp³-hybridized carbons (Fsp3) is 0.544. The van der Waals surface area contributed by atoms with E-state index in [9.17, 15) is 110 Å². The molecule has 9 rings (SSSR count). The number of nitrogens with one attached hydrogen (secondary N) is 1. The van der Waals surface area contributed by atoms with Crippen LogP contribution < -0.4 is 16.7 Å². The molecule has 3 heterocycles.